The monoisotopic (exact) mass is 512 g/mol. The summed E-state index contributed by atoms with van der Waals surface area (Å²) in [7, 11) is 0. The Morgan fingerprint density at radius 1 is 1.12 bits per heavy atom. The Hall–Kier alpha value is -2.83. The number of para-hydroxylation sites is 1. The van der Waals surface area contributed by atoms with Gasteiger partial charge in [0.2, 0.25) is 0 Å². The van der Waals surface area contributed by atoms with E-state index in [0.717, 1.165) is 35.0 Å². The fraction of sp³-hybridized carbons (Fsp3) is 0.143. The lowest BCUT2D eigenvalue weighted by Crippen LogP contribution is -2.29. The Kier molecular flexibility index (Phi) is 7.82. The van der Waals surface area contributed by atoms with Crippen LogP contribution in [0.1, 0.15) is 21.5 Å². The lowest BCUT2D eigenvalue weighted by atomic mass is 10.1. The van der Waals surface area contributed by atoms with Crippen LogP contribution >= 0.6 is 35.7 Å². The van der Waals surface area contributed by atoms with Crippen LogP contribution in [0, 0.1) is 0 Å². The topological polar surface area (TPSA) is 86.7 Å². The van der Waals surface area contributed by atoms with Crippen molar-refractivity contribution >= 4 is 68.9 Å². The maximum absolute atomic E-state index is 13.3. The van der Waals surface area contributed by atoms with Gasteiger partial charge >= 0.3 is 12.1 Å². The molecule has 0 unspecified atom stereocenters. The minimum Gasteiger partial charge on any atom is -0.478 e. The maximum Gasteiger partial charge on any atom is 0.418 e. The van der Waals surface area contributed by atoms with Gasteiger partial charge in [-0.05, 0) is 35.9 Å². The molecule has 2 heterocycles. The van der Waals surface area contributed by atoms with E-state index in [1.54, 1.807) is 0 Å². The smallest absolute Gasteiger partial charge is 0.418 e. The van der Waals surface area contributed by atoms with Crippen LogP contribution in [-0.4, -0.2) is 38.8 Å². The highest BCUT2D eigenvalue weighted by molar-refractivity contribution is 8.27. The summed E-state index contributed by atoms with van der Waals surface area (Å²) in [6.45, 7) is 0.851. The van der Waals surface area contributed by atoms with Crippen LogP contribution < -0.4 is 10.2 Å². The summed E-state index contributed by atoms with van der Waals surface area (Å²) in [4.78, 5) is 34.6. The predicted molar refractivity (Wildman–Crippen MR) is 126 cm³/mol. The van der Waals surface area contributed by atoms with E-state index in [0.29, 0.717) is 5.56 Å². The molecule has 12 heteroatoms. The number of hydrogen-bond donors (Lipinski definition) is 2. The Bertz CT molecular complexity index is 1130. The second-order valence-corrected chi connectivity index (χ2v) is 9.27. The normalized spacial score (nSPS) is 17.1. The average Bonchev–Trinajstić information content (AvgIpc) is 3.34. The third-order valence-corrected chi connectivity index (χ3v) is 6.42. The highest BCUT2D eigenvalue weighted by Crippen LogP contribution is 2.42. The predicted octanol–water partition coefficient (Wildman–Crippen LogP) is 5.25. The summed E-state index contributed by atoms with van der Waals surface area (Å²) in [6.07, 6.45) is -3.17. The number of alkyl halides is 3. The van der Waals surface area contributed by atoms with E-state index in [-0.39, 0.29) is 25.7 Å². The molecule has 6 nitrogen and oxygen atoms in total. The summed E-state index contributed by atoms with van der Waals surface area (Å²) in [5.74, 6) is -0.806. The van der Waals surface area contributed by atoms with Gasteiger partial charge in [-0.1, -0.05) is 60.0 Å². The fourth-order valence-electron chi connectivity index (χ4n) is 2.80. The number of amides is 2. The molecule has 2 saturated heterocycles. The van der Waals surface area contributed by atoms with Crippen molar-refractivity contribution in [2.45, 2.75) is 6.18 Å². The minimum atomic E-state index is -4.63. The molecule has 2 aromatic carbocycles. The zero-order chi connectivity index (χ0) is 24.2. The molecule has 0 aromatic heterocycles. The number of benzene rings is 2. The van der Waals surface area contributed by atoms with Crippen molar-refractivity contribution in [3.63, 3.8) is 0 Å². The van der Waals surface area contributed by atoms with Gasteiger partial charge in [-0.3, -0.25) is 14.5 Å². The molecular formula is C21H15F3N2O4S3. The van der Waals surface area contributed by atoms with Gasteiger partial charge in [0.05, 0.1) is 21.7 Å². The first-order chi connectivity index (χ1) is 15.6. The van der Waals surface area contributed by atoms with E-state index < -0.39 is 23.6 Å². The number of thioether (sulfide) groups is 2. The molecule has 0 spiro atoms. The van der Waals surface area contributed by atoms with Crippen molar-refractivity contribution in [2.75, 3.05) is 17.2 Å². The number of anilines is 1. The Labute approximate surface area is 200 Å². The van der Waals surface area contributed by atoms with Crippen molar-refractivity contribution in [3.05, 3.63) is 70.1 Å². The van der Waals surface area contributed by atoms with Gasteiger partial charge in [0, 0.05) is 12.3 Å². The van der Waals surface area contributed by atoms with Crippen LogP contribution in [0.25, 0.3) is 6.08 Å². The number of carboxylic acids is 1. The van der Waals surface area contributed by atoms with Crippen LogP contribution in [-0.2, 0) is 11.0 Å². The van der Waals surface area contributed by atoms with Crippen molar-refractivity contribution in [1.29, 1.82) is 0 Å². The first-order valence-electron chi connectivity index (χ1n) is 9.26. The molecule has 0 atom stereocenters. The second kappa shape index (κ2) is 10.4. The molecule has 33 heavy (non-hydrogen) atoms. The van der Waals surface area contributed by atoms with Crippen molar-refractivity contribution in [1.82, 2.24) is 5.32 Å². The molecule has 2 N–H and O–H groups in total. The lowest BCUT2D eigenvalue weighted by Gasteiger charge is -2.20. The molecule has 2 aliphatic rings. The van der Waals surface area contributed by atoms with Crippen molar-refractivity contribution < 1.29 is 32.7 Å². The molecule has 2 fully saturated rings. The number of nitrogens with zero attached hydrogens (tertiary/aromatic N) is 1. The number of halogens is 3. The molecule has 172 valence electrons. The van der Waals surface area contributed by atoms with E-state index in [2.05, 4.69) is 5.32 Å². The zero-order valence-electron chi connectivity index (χ0n) is 16.6. The largest absolute Gasteiger partial charge is 0.478 e. The van der Waals surface area contributed by atoms with Crippen LogP contribution in [0.5, 0.6) is 0 Å². The van der Waals surface area contributed by atoms with Crippen LogP contribution in [0.4, 0.5) is 23.7 Å². The lowest BCUT2D eigenvalue weighted by molar-refractivity contribution is -0.137. The second-order valence-electron chi connectivity index (χ2n) is 6.52. The fourth-order valence-corrected chi connectivity index (χ4v) is 4.68. The summed E-state index contributed by atoms with van der Waals surface area (Å²) in [5.41, 5.74) is -0.658. The molecular weight excluding hydrogens is 497 g/mol. The number of nitrogens with one attached hydrogen (secondary N) is 1. The highest BCUT2D eigenvalue weighted by atomic mass is 32.2. The van der Waals surface area contributed by atoms with Crippen LogP contribution in [0.15, 0.2) is 53.4 Å². The Morgan fingerprint density at radius 2 is 1.79 bits per heavy atom. The van der Waals surface area contributed by atoms with E-state index in [9.17, 15) is 27.6 Å². The van der Waals surface area contributed by atoms with Gasteiger partial charge in [-0.25, -0.2) is 4.79 Å². The Morgan fingerprint density at radius 3 is 2.30 bits per heavy atom. The van der Waals surface area contributed by atoms with Gasteiger partial charge in [-0.2, -0.15) is 13.2 Å². The number of hydrogen-bond acceptors (Lipinski definition) is 6. The summed E-state index contributed by atoms with van der Waals surface area (Å²) in [5, 5.41) is 11.7. The van der Waals surface area contributed by atoms with E-state index in [1.165, 1.54) is 60.3 Å². The van der Waals surface area contributed by atoms with E-state index >= 15 is 0 Å². The molecule has 0 radical (unpaired) electrons. The number of carbonyl (C=O) groups excluding carboxylic acids is 2. The third kappa shape index (κ3) is 6.15. The zero-order valence-corrected chi connectivity index (χ0v) is 19.0. The number of thiocarbonyl (C=S) groups is 1. The molecule has 0 bridgehead atoms. The molecule has 2 aliphatic heterocycles. The van der Waals surface area contributed by atoms with Gasteiger partial charge in [0.1, 0.15) is 0 Å². The third-order valence-electron chi connectivity index (χ3n) is 4.30. The van der Waals surface area contributed by atoms with Gasteiger partial charge in [0.25, 0.3) is 11.1 Å². The van der Waals surface area contributed by atoms with Crippen LogP contribution in [0.2, 0.25) is 0 Å². The highest BCUT2D eigenvalue weighted by Gasteiger charge is 2.40. The molecule has 0 aliphatic carbocycles. The first-order valence-corrected chi connectivity index (χ1v) is 11.5. The quantitative estimate of drug-likeness (QED) is 0.429. The molecule has 2 amide bonds. The minimum absolute atomic E-state index is 0.00916. The number of rotatable bonds is 3. The summed E-state index contributed by atoms with van der Waals surface area (Å²) in [6, 6.07) is 10.5. The average molecular weight is 513 g/mol. The first kappa shape index (κ1) is 24.8. The SMILES string of the molecule is O=C(O)c1ccc(C=C2SC(=S)N(c3ccccc3C(F)(F)F)C2=O)cc1.O=C1NCCS1. The number of carbonyl (C=O) groups is 3. The van der Waals surface area contributed by atoms with Gasteiger partial charge < -0.3 is 10.4 Å². The van der Waals surface area contributed by atoms with Gasteiger partial charge in [-0.15, -0.1) is 0 Å². The van der Waals surface area contributed by atoms with E-state index in [1.807, 2.05) is 0 Å². The molecule has 0 saturated carbocycles. The standard InChI is InChI=1S/C18H10F3NO3S2.C3H5NOS/c19-18(20,21)12-3-1-2-4-13(12)22-15(23)14(27-17(22)26)9-10-5-7-11(8-6-10)16(24)25;5-3-4-1-2-6-3/h1-9H,(H,24,25);1-2H2,(H,4,5). The van der Waals surface area contributed by atoms with Crippen LogP contribution in [0.3, 0.4) is 0 Å². The van der Waals surface area contributed by atoms with Crippen molar-refractivity contribution in [3.8, 4) is 0 Å². The summed E-state index contributed by atoms with van der Waals surface area (Å²) >= 11 is 7.35. The summed E-state index contributed by atoms with van der Waals surface area (Å²) < 4.78 is 39.7. The van der Waals surface area contributed by atoms with E-state index in [4.69, 9.17) is 17.3 Å². The number of aromatic carboxylic acids is 1. The maximum atomic E-state index is 13.3. The molecule has 2 aromatic rings. The molecule has 4 rings (SSSR count). The van der Waals surface area contributed by atoms with Gasteiger partial charge in [0.15, 0.2) is 4.32 Å². The van der Waals surface area contributed by atoms with Crippen molar-refractivity contribution in [2.24, 2.45) is 0 Å². The Balaban J connectivity index is 0.000000442. The number of carboxylic acid groups (broad SMARTS) is 1.